The zero-order valence-electron chi connectivity index (χ0n) is 16.1. The Hall–Kier alpha value is -3.10. The first kappa shape index (κ1) is 20.2. The maximum absolute atomic E-state index is 13.0. The number of halogens is 3. The van der Waals surface area contributed by atoms with Crippen LogP contribution in [0.4, 0.5) is 13.2 Å². The van der Waals surface area contributed by atoms with Crippen LogP contribution in [-0.4, -0.2) is 20.9 Å². The molecule has 1 fully saturated rings. The smallest absolute Gasteiger partial charge is 0.467 e. The van der Waals surface area contributed by atoms with Gasteiger partial charge in [-0.05, 0) is 30.5 Å². The van der Waals surface area contributed by atoms with Gasteiger partial charge in [-0.1, -0.05) is 42.3 Å². The molecule has 1 aliphatic rings. The monoisotopic (exact) mass is 419 g/mol. The molecule has 0 radical (unpaired) electrons. The molecule has 6 nitrogen and oxygen atoms in total. The largest absolute Gasteiger partial charge is 0.471 e. The molecule has 30 heavy (non-hydrogen) atoms. The molecule has 0 spiro atoms. The third-order valence-electron chi connectivity index (χ3n) is 5.20. The minimum Gasteiger partial charge on any atom is -0.467 e. The zero-order chi connectivity index (χ0) is 21.1. The van der Waals surface area contributed by atoms with Crippen LogP contribution in [0.5, 0.6) is 0 Å². The Morgan fingerprint density at radius 1 is 1.10 bits per heavy atom. The van der Waals surface area contributed by atoms with Crippen LogP contribution in [0.1, 0.15) is 42.9 Å². The fraction of sp³-hybridized carbons (Fsp3) is 0.381. The van der Waals surface area contributed by atoms with Crippen LogP contribution in [0.15, 0.2) is 51.6 Å². The number of benzene rings is 1. The molecule has 0 N–H and O–H groups in total. The van der Waals surface area contributed by atoms with Gasteiger partial charge in [0.1, 0.15) is 5.76 Å². The summed E-state index contributed by atoms with van der Waals surface area (Å²) in [5.74, 6) is -0.693. The second kappa shape index (κ2) is 8.33. The predicted molar refractivity (Wildman–Crippen MR) is 99.7 cm³/mol. The maximum Gasteiger partial charge on any atom is 0.471 e. The van der Waals surface area contributed by atoms with Crippen LogP contribution < -0.4 is 0 Å². The lowest BCUT2D eigenvalue weighted by Crippen LogP contribution is -2.34. The number of hydrogen-bond donors (Lipinski definition) is 0. The first-order valence-electron chi connectivity index (χ1n) is 9.71. The number of amides is 1. The van der Waals surface area contributed by atoms with Gasteiger partial charge in [0.05, 0.1) is 12.8 Å². The van der Waals surface area contributed by atoms with Crippen LogP contribution in [0.25, 0.3) is 11.4 Å². The van der Waals surface area contributed by atoms with Crippen molar-refractivity contribution in [3.05, 3.63) is 59.9 Å². The number of furan rings is 1. The molecule has 3 aromatic rings. The summed E-state index contributed by atoms with van der Waals surface area (Å²) in [5, 5.41) is 3.39. The van der Waals surface area contributed by atoms with E-state index in [1.165, 1.54) is 0 Å². The molecule has 1 aromatic carbocycles. The molecular weight excluding hydrogens is 399 g/mol. The zero-order valence-corrected chi connectivity index (χ0v) is 16.1. The highest BCUT2D eigenvalue weighted by atomic mass is 19.4. The quantitative estimate of drug-likeness (QED) is 0.558. The normalized spacial score (nSPS) is 14.9. The third-order valence-corrected chi connectivity index (χ3v) is 5.20. The van der Waals surface area contributed by atoms with E-state index in [-0.39, 0.29) is 17.6 Å². The highest BCUT2D eigenvalue weighted by Crippen LogP contribution is 2.30. The first-order chi connectivity index (χ1) is 14.4. The summed E-state index contributed by atoms with van der Waals surface area (Å²) in [7, 11) is 0. The van der Waals surface area contributed by atoms with Crippen LogP contribution in [-0.2, 0) is 24.1 Å². The van der Waals surface area contributed by atoms with Gasteiger partial charge in [0, 0.05) is 18.0 Å². The van der Waals surface area contributed by atoms with E-state index in [9.17, 15) is 18.0 Å². The van der Waals surface area contributed by atoms with Crippen LogP contribution in [0.3, 0.4) is 0 Å². The van der Waals surface area contributed by atoms with E-state index < -0.39 is 12.1 Å². The SMILES string of the molecule is O=C(C1CCCC1)N(Cc1ccc(-c2noc(C(F)(F)F)n2)cc1)Cc1ccco1. The Balaban J connectivity index is 1.49. The van der Waals surface area contributed by atoms with Crippen molar-refractivity contribution >= 4 is 5.91 Å². The van der Waals surface area contributed by atoms with Gasteiger partial charge in [-0.2, -0.15) is 18.2 Å². The molecule has 1 amide bonds. The molecular formula is C21H20F3N3O3. The van der Waals surface area contributed by atoms with E-state index in [0.717, 1.165) is 31.2 Å². The number of aromatic nitrogens is 2. The molecule has 0 bridgehead atoms. The first-order valence-corrected chi connectivity index (χ1v) is 9.71. The maximum atomic E-state index is 13.0. The number of carbonyl (C=O) groups is 1. The summed E-state index contributed by atoms with van der Waals surface area (Å²) in [4.78, 5) is 18.2. The van der Waals surface area contributed by atoms with E-state index in [1.54, 1.807) is 41.5 Å². The van der Waals surface area contributed by atoms with Crippen LogP contribution >= 0.6 is 0 Å². The van der Waals surface area contributed by atoms with E-state index >= 15 is 0 Å². The van der Waals surface area contributed by atoms with Crippen molar-refractivity contribution in [3.8, 4) is 11.4 Å². The fourth-order valence-electron chi connectivity index (χ4n) is 3.67. The molecule has 0 aliphatic heterocycles. The van der Waals surface area contributed by atoms with E-state index in [1.807, 2.05) is 6.07 Å². The third kappa shape index (κ3) is 4.55. The Bertz CT molecular complexity index is 975. The van der Waals surface area contributed by atoms with Crippen LogP contribution in [0, 0.1) is 5.92 Å². The number of carbonyl (C=O) groups excluding carboxylic acids is 1. The summed E-state index contributed by atoms with van der Waals surface area (Å²) >= 11 is 0. The number of rotatable bonds is 6. The van der Waals surface area contributed by atoms with Gasteiger partial charge in [0.15, 0.2) is 0 Å². The summed E-state index contributed by atoms with van der Waals surface area (Å²) in [6.07, 6.45) is 0.798. The minimum atomic E-state index is -4.68. The van der Waals surface area contributed by atoms with E-state index in [2.05, 4.69) is 14.7 Å². The Kier molecular flexibility index (Phi) is 5.61. The standard InChI is InChI=1S/C21H20F3N3O3/c22-21(23,24)20-25-18(26-30-20)15-9-7-14(8-10-15)12-27(13-17-6-3-11-29-17)19(28)16-4-1-2-5-16/h3,6-11,16H,1-2,4-5,12-13H2. The van der Waals surface area contributed by atoms with E-state index in [0.29, 0.717) is 24.4 Å². The fourth-order valence-corrected chi connectivity index (χ4v) is 3.67. The van der Waals surface area contributed by atoms with Gasteiger partial charge >= 0.3 is 12.1 Å². The van der Waals surface area contributed by atoms with Crippen molar-refractivity contribution in [2.24, 2.45) is 5.92 Å². The van der Waals surface area contributed by atoms with E-state index in [4.69, 9.17) is 4.42 Å². The summed E-state index contributed by atoms with van der Waals surface area (Å²) in [6.45, 7) is 0.736. The summed E-state index contributed by atoms with van der Waals surface area (Å²) < 4.78 is 47.6. The van der Waals surface area contributed by atoms with Gasteiger partial charge in [-0.3, -0.25) is 4.79 Å². The molecule has 158 valence electrons. The van der Waals surface area contributed by atoms with Crippen LogP contribution in [0.2, 0.25) is 0 Å². The molecule has 2 aromatic heterocycles. The van der Waals surface area contributed by atoms with Gasteiger partial charge in [0.25, 0.3) is 0 Å². The van der Waals surface area contributed by atoms with Gasteiger partial charge in [-0.25, -0.2) is 0 Å². The van der Waals surface area contributed by atoms with Gasteiger partial charge < -0.3 is 13.8 Å². The topological polar surface area (TPSA) is 72.4 Å². The highest BCUT2D eigenvalue weighted by Gasteiger charge is 2.38. The Morgan fingerprint density at radius 2 is 1.83 bits per heavy atom. The van der Waals surface area contributed by atoms with Gasteiger partial charge in [0.2, 0.25) is 11.7 Å². The minimum absolute atomic E-state index is 0.0272. The molecule has 0 atom stereocenters. The molecule has 0 saturated heterocycles. The van der Waals surface area contributed by atoms with Crippen molar-refractivity contribution in [3.63, 3.8) is 0 Å². The second-order valence-electron chi connectivity index (χ2n) is 7.37. The molecule has 1 saturated carbocycles. The predicted octanol–water partition coefficient (Wildman–Crippen LogP) is 5.07. The average Bonchev–Trinajstić information content (AvgIpc) is 3.49. The second-order valence-corrected chi connectivity index (χ2v) is 7.37. The van der Waals surface area contributed by atoms with Crippen molar-refractivity contribution in [1.29, 1.82) is 0 Å². The molecule has 4 rings (SSSR count). The molecule has 1 aliphatic carbocycles. The Morgan fingerprint density at radius 3 is 2.43 bits per heavy atom. The van der Waals surface area contributed by atoms with Crippen molar-refractivity contribution < 1.29 is 26.9 Å². The molecule has 0 unspecified atom stereocenters. The molecule has 9 heteroatoms. The summed E-state index contributed by atoms with van der Waals surface area (Å²) in [6, 6.07) is 10.3. The van der Waals surface area contributed by atoms with Crippen molar-refractivity contribution in [1.82, 2.24) is 15.0 Å². The lowest BCUT2D eigenvalue weighted by atomic mass is 10.1. The average molecular weight is 419 g/mol. The van der Waals surface area contributed by atoms with Gasteiger partial charge in [-0.15, -0.1) is 0 Å². The number of nitrogens with zero attached hydrogens (tertiary/aromatic N) is 3. The van der Waals surface area contributed by atoms with Crippen molar-refractivity contribution in [2.45, 2.75) is 44.9 Å². The lowest BCUT2D eigenvalue weighted by Gasteiger charge is -2.25. The number of hydrogen-bond acceptors (Lipinski definition) is 5. The molecule has 2 heterocycles. The van der Waals surface area contributed by atoms with Crippen molar-refractivity contribution in [2.75, 3.05) is 0 Å². The lowest BCUT2D eigenvalue weighted by molar-refractivity contribution is -0.159. The Labute approximate surface area is 170 Å². The number of alkyl halides is 3. The summed E-state index contributed by atoms with van der Waals surface area (Å²) in [5.41, 5.74) is 1.24. The highest BCUT2D eigenvalue weighted by molar-refractivity contribution is 5.79.